The molecule has 0 bridgehead atoms. The zero-order valence-electron chi connectivity index (χ0n) is 11.0. The van der Waals surface area contributed by atoms with E-state index in [9.17, 15) is 4.79 Å². The summed E-state index contributed by atoms with van der Waals surface area (Å²) < 4.78 is 42.6. The van der Waals surface area contributed by atoms with Gasteiger partial charge < -0.3 is 10.8 Å². The van der Waals surface area contributed by atoms with E-state index in [-0.39, 0.29) is 0 Å². The zero-order valence-corrected chi connectivity index (χ0v) is 5.01. The molecule has 0 aliphatic heterocycles. The summed E-state index contributed by atoms with van der Waals surface area (Å²) in [5.74, 6) is -1.65. The fraction of sp³-hybridized carbons (Fsp3) is 0.833. The molecule has 0 amide bonds. The Morgan fingerprint density at radius 1 is 1.89 bits per heavy atom. The van der Waals surface area contributed by atoms with Gasteiger partial charge in [-0.2, -0.15) is 0 Å². The first-order chi connectivity index (χ1) is 6.35. The maximum absolute atomic E-state index is 10.6. The van der Waals surface area contributed by atoms with Gasteiger partial charge in [-0.25, -0.2) is 0 Å². The van der Waals surface area contributed by atoms with Gasteiger partial charge in [0.05, 0.1) is 0 Å². The first-order valence-corrected chi connectivity index (χ1v) is 2.34. The third-order valence-corrected chi connectivity index (χ3v) is 0.888. The molecule has 0 aromatic carbocycles. The van der Waals surface area contributed by atoms with E-state index < -0.39 is 31.1 Å². The molecular weight excluding hydrogens is 118 g/mol. The molecule has 0 aromatic heterocycles. The van der Waals surface area contributed by atoms with Crippen LogP contribution in [-0.4, -0.2) is 17.1 Å². The van der Waals surface area contributed by atoms with E-state index in [0.717, 1.165) is 6.92 Å². The summed E-state index contributed by atoms with van der Waals surface area (Å²) in [6.45, 7) is -5.11. The fourth-order valence-electron chi connectivity index (χ4n) is 0.247. The quantitative estimate of drug-likeness (QED) is 0.551. The number of hydrogen-bond acceptors (Lipinski definition) is 2. The lowest BCUT2D eigenvalue weighted by atomic mass is 9.88. The first-order valence-electron chi connectivity index (χ1n) is 5.34. The second-order valence-electron chi connectivity index (χ2n) is 2.02. The lowest BCUT2D eigenvalue weighted by molar-refractivity contribution is -0.141. The van der Waals surface area contributed by atoms with Crippen LogP contribution in [0.2, 0.25) is 0 Å². The predicted molar refractivity (Wildman–Crippen MR) is 35.1 cm³/mol. The van der Waals surface area contributed by atoms with Crippen LogP contribution < -0.4 is 5.73 Å². The molecule has 0 fully saturated rings. The van der Waals surface area contributed by atoms with E-state index in [4.69, 9.17) is 19.1 Å². The second kappa shape index (κ2) is 2.35. The Morgan fingerprint density at radius 2 is 2.33 bits per heavy atom. The van der Waals surface area contributed by atoms with Crippen molar-refractivity contribution in [2.24, 2.45) is 11.1 Å². The molecule has 9 heavy (non-hydrogen) atoms. The lowest BCUT2D eigenvalue weighted by Crippen LogP contribution is -2.41. The Morgan fingerprint density at radius 3 is 2.44 bits per heavy atom. The van der Waals surface area contributed by atoms with Gasteiger partial charge in [0, 0.05) is 8.22 Å². The summed E-state index contributed by atoms with van der Waals surface area (Å²) in [5, 5.41) is 8.62. The average molecular weight is 137 g/mol. The van der Waals surface area contributed by atoms with Crippen LogP contribution in [0.15, 0.2) is 0 Å². The van der Waals surface area contributed by atoms with Gasteiger partial charge in [0.25, 0.3) is 0 Å². The van der Waals surface area contributed by atoms with Crippen molar-refractivity contribution in [1.82, 2.24) is 0 Å². The number of carbonyl (C=O) groups is 1. The molecule has 3 heteroatoms. The molecule has 1 atom stereocenters. The number of nitrogens with two attached hydrogens (primary N) is 1. The number of hydrogen-bond donors (Lipinski definition) is 2. The molecule has 0 saturated carbocycles. The molecule has 54 valence electrons. The van der Waals surface area contributed by atoms with Crippen LogP contribution in [0.3, 0.4) is 0 Å². The van der Waals surface area contributed by atoms with E-state index >= 15 is 0 Å². The van der Waals surface area contributed by atoms with Crippen molar-refractivity contribution in [3.63, 3.8) is 0 Å². The fourth-order valence-corrected chi connectivity index (χ4v) is 0.247. The number of aliphatic carboxylic acids is 1. The zero-order chi connectivity index (χ0) is 12.7. The summed E-state index contributed by atoms with van der Waals surface area (Å²) >= 11 is 0. The molecule has 0 aliphatic carbocycles. The van der Waals surface area contributed by atoms with Crippen LogP contribution in [0.1, 0.15) is 28.9 Å². The Hall–Kier alpha value is -0.570. The maximum Gasteiger partial charge on any atom is 0.321 e. The molecule has 0 heterocycles. The highest BCUT2D eigenvalue weighted by Crippen LogP contribution is 2.16. The Labute approximate surface area is 63.3 Å². The maximum atomic E-state index is 10.6. The van der Waals surface area contributed by atoms with Gasteiger partial charge in [-0.3, -0.25) is 4.79 Å². The summed E-state index contributed by atoms with van der Waals surface area (Å²) in [5.41, 5.74) is 2.68. The van der Waals surface area contributed by atoms with Crippen molar-refractivity contribution < 1.29 is 18.1 Å². The number of rotatable bonds is 1. The van der Waals surface area contributed by atoms with E-state index in [1.807, 2.05) is 0 Å². The van der Waals surface area contributed by atoms with E-state index in [1.54, 1.807) is 0 Å². The third-order valence-electron chi connectivity index (χ3n) is 0.888. The van der Waals surface area contributed by atoms with E-state index in [1.165, 1.54) is 0 Å². The highest BCUT2D eigenvalue weighted by atomic mass is 16.4. The Bertz CT molecular complexity index is 243. The predicted octanol–water partition coefficient (Wildman–Crippen LogP) is 0.444. The van der Waals surface area contributed by atoms with Gasteiger partial charge in [0.1, 0.15) is 6.04 Å². The van der Waals surface area contributed by atoms with Crippen molar-refractivity contribution in [2.45, 2.75) is 26.7 Å². The highest BCUT2D eigenvalue weighted by molar-refractivity contribution is 5.74. The monoisotopic (exact) mass is 137 g/mol. The molecule has 0 aromatic rings. The second-order valence-corrected chi connectivity index (χ2v) is 2.02. The molecule has 0 saturated heterocycles. The minimum absolute atomic E-state index is 0.839. The Kier molecular flexibility index (Phi) is 0.674. The van der Waals surface area contributed by atoms with Crippen molar-refractivity contribution >= 4 is 5.97 Å². The molecule has 0 radical (unpaired) electrons. The lowest BCUT2D eigenvalue weighted by Gasteiger charge is -2.22. The van der Waals surface area contributed by atoms with Crippen LogP contribution in [0.5, 0.6) is 0 Å². The minimum Gasteiger partial charge on any atom is -0.480 e. The van der Waals surface area contributed by atoms with Crippen molar-refractivity contribution in [3.8, 4) is 0 Å². The highest BCUT2D eigenvalue weighted by Gasteiger charge is 2.26. The van der Waals surface area contributed by atoms with Gasteiger partial charge in [0.2, 0.25) is 0 Å². The van der Waals surface area contributed by atoms with Gasteiger partial charge >= 0.3 is 5.97 Å². The molecule has 0 aliphatic rings. The van der Waals surface area contributed by atoms with Crippen LogP contribution in [-0.2, 0) is 4.79 Å². The van der Waals surface area contributed by atoms with Crippen LogP contribution in [0.4, 0.5) is 0 Å². The van der Waals surface area contributed by atoms with Crippen molar-refractivity contribution in [2.75, 3.05) is 0 Å². The van der Waals surface area contributed by atoms with Crippen molar-refractivity contribution in [3.05, 3.63) is 0 Å². The number of carboxylic acid groups (broad SMARTS) is 1. The topological polar surface area (TPSA) is 63.3 Å². The molecular formula is C6H13NO2. The van der Waals surface area contributed by atoms with Crippen LogP contribution in [0.25, 0.3) is 0 Å². The minimum atomic E-state index is -2.98. The SMILES string of the molecule is [2H]C([2H])([2H])C(C)([C@H](N)C(=O)O)C([2H])([2H])[2H]. The summed E-state index contributed by atoms with van der Waals surface area (Å²) in [6.07, 6.45) is 0. The largest absolute Gasteiger partial charge is 0.480 e. The van der Waals surface area contributed by atoms with Gasteiger partial charge in [-0.1, -0.05) is 20.6 Å². The standard InChI is InChI=1S/C6H13NO2/c1-6(2,3)4(7)5(8)9/h4H,7H2,1-3H3,(H,8,9)/t4-/m1/s1/i1D3,2D3. The van der Waals surface area contributed by atoms with E-state index in [2.05, 4.69) is 0 Å². The summed E-state index contributed by atoms with van der Waals surface area (Å²) in [4.78, 5) is 10.6. The van der Waals surface area contributed by atoms with Gasteiger partial charge in [-0.15, -0.1) is 0 Å². The molecule has 0 unspecified atom stereocenters. The molecule has 3 nitrogen and oxygen atoms in total. The average Bonchev–Trinajstić information content (AvgIpc) is 1.96. The smallest absolute Gasteiger partial charge is 0.321 e. The van der Waals surface area contributed by atoms with Gasteiger partial charge in [-0.05, 0) is 5.41 Å². The first kappa shape index (κ1) is 2.58. The van der Waals surface area contributed by atoms with Crippen molar-refractivity contribution in [1.29, 1.82) is 0 Å². The molecule has 0 rings (SSSR count). The van der Waals surface area contributed by atoms with E-state index in [0.29, 0.717) is 0 Å². The van der Waals surface area contributed by atoms with Crippen LogP contribution in [0, 0.1) is 5.41 Å². The molecule has 3 N–H and O–H groups in total. The van der Waals surface area contributed by atoms with Gasteiger partial charge in [0.15, 0.2) is 0 Å². The summed E-state index contributed by atoms with van der Waals surface area (Å²) in [7, 11) is 0. The van der Waals surface area contributed by atoms with Crippen LogP contribution >= 0.6 is 0 Å². The summed E-state index contributed by atoms with van der Waals surface area (Å²) in [6, 6.07) is -1.97. The normalized spacial score (nSPS) is 27.8. The molecule has 0 spiro atoms. The Balaban J connectivity index is 5.53. The number of carboxylic acids is 1. The third kappa shape index (κ3) is 2.46.